The number of hydrogen-bond acceptors (Lipinski definition) is 5. The lowest BCUT2D eigenvalue weighted by atomic mass is 9.81. The van der Waals surface area contributed by atoms with Gasteiger partial charge in [-0.15, -0.1) is 24.8 Å². The fourth-order valence-electron chi connectivity index (χ4n) is 3.74. The van der Waals surface area contributed by atoms with Crippen molar-refractivity contribution in [1.82, 2.24) is 10.3 Å². The van der Waals surface area contributed by atoms with Crippen LogP contribution in [0.2, 0.25) is 0 Å². The van der Waals surface area contributed by atoms with Gasteiger partial charge in [0.25, 0.3) is 0 Å². The van der Waals surface area contributed by atoms with E-state index >= 15 is 0 Å². The van der Waals surface area contributed by atoms with E-state index in [-0.39, 0.29) is 54.7 Å². The van der Waals surface area contributed by atoms with Gasteiger partial charge in [0.1, 0.15) is 11.8 Å². The first-order valence-corrected chi connectivity index (χ1v) is 10.0. The number of anilines is 1. The fourth-order valence-corrected chi connectivity index (χ4v) is 3.74. The zero-order chi connectivity index (χ0) is 20.6. The molecule has 1 aliphatic carbocycles. The summed E-state index contributed by atoms with van der Waals surface area (Å²) in [6.45, 7) is 0.656. The summed E-state index contributed by atoms with van der Waals surface area (Å²) in [6, 6.07) is 9.36. The van der Waals surface area contributed by atoms with Gasteiger partial charge >= 0.3 is 0 Å². The number of phenols is 1. The van der Waals surface area contributed by atoms with E-state index in [0.717, 1.165) is 31.2 Å². The first-order valence-electron chi connectivity index (χ1n) is 10.0. The summed E-state index contributed by atoms with van der Waals surface area (Å²) in [7, 11) is 0. The Hall–Kier alpha value is -2.35. The van der Waals surface area contributed by atoms with E-state index in [1.165, 1.54) is 0 Å². The summed E-state index contributed by atoms with van der Waals surface area (Å²) in [5, 5.41) is 15.5. The number of carbonyl (C=O) groups is 2. The number of halogens is 2. The Morgan fingerprint density at radius 3 is 2.39 bits per heavy atom. The molecule has 9 heteroatoms. The van der Waals surface area contributed by atoms with E-state index in [0.29, 0.717) is 18.2 Å². The average molecular weight is 469 g/mol. The Bertz CT molecular complexity index is 831. The number of carbonyl (C=O) groups excluding carboxylic acids is 2. The van der Waals surface area contributed by atoms with Gasteiger partial charge in [0.05, 0.1) is 0 Å². The van der Waals surface area contributed by atoms with Crippen LogP contribution in [0.15, 0.2) is 48.8 Å². The van der Waals surface area contributed by atoms with Crippen LogP contribution in [-0.2, 0) is 16.0 Å². The number of benzene rings is 1. The number of amides is 2. The molecule has 3 rings (SSSR count). The highest BCUT2D eigenvalue weighted by Gasteiger charge is 2.29. The Kier molecular flexibility index (Phi) is 11.3. The van der Waals surface area contributed by atoms with Crippen LogP contribution in [-0.4, -0.2) is 34.5 Å². The average Bonchev–Trinajstić information content (AvgIpc) is 2.74. The number of nitrogens with two attached hydrogens (primary N) is 1. The third kappa shape index (κ3) is 8.01. The van der Waals surface area contributed by atoms with Crippen LogP contribution in [0, 0.1) is 11.8 Å². The molecule has 1 heterocycles. The molecule has 0 spiro atoms. The third-order valence-corrected chi connectivity index (χ3v) is 5.48. The molecule has 0 bridgehead atoms. The zero-order valence-electron chi connectivity index (χ0n) is 17.2. The van der Waals surface area contributed by atoms with Gasteiger partial charge in [-0.3, -0.25) is 14.6 Å². The SMILES string of the molecule is Cl.Cl.NCC1CCC(C(=O)NC(Cc2cccc(O)c2)C(=O)Nc2ccncc2)CC1. The number of phenolic OH excluding ortho intramolecular Hbond substituents is 1. The minimum atomic E-state index is -0.746. The van der Waals surface area contributed by atoms with Crippen molar-refractivity contribution in [3.63, 3.8) is 0 Å². The van der Waals surface area contributed by atoms with E-state index in [4.69, 9.17) is 5.73 Å². The maximum atomic E-state index is 12.9. The van der Waals surface area contributed by atoms with E-state index < -0.39 is 6.04 Å². The Morgan fingerprint density at radius 1 is 1.10 bits per heavy atom. The van der Waals surface area contributed by atoms with Gasteiger partial charge in [0.15, 0.2) is 0 Å². The van der Waals surface area contributed by atoms with Crippen LogP contribution in [0.1, 0.15) is 31.2 Å². The second-order valence-corrected chi connectivity index (χ2v) is 7.61. The van der Waals surface area contributed by atoms with Gasteiger partial charge in [-0.05, 0) is 68.0 Å². The summed E-state index contributed by atoms with van der Waals surface area (Å²) < 4.78 is 0. The molecular formula is C22H30Cl2N4O3. The largest absolute Gasteiger partial charge is 0.508 e. The maximum absolute atomic E-state index is 12.9. The highest BCUT2D eigenvalue weighted by molar-refractivity contribution is 5.97. The Labute approximate surface area is 195 Å². The number of nitrogens with zero attached hydrogens (tertiary/aromatic N) is 1. The van der Waals surface area contributed by atoms with Gasteiger partial charge in [0.2, 0.25) is 11.8 Å². The van der Waals surface area contributed by atoms with Crippen LogP contribution in [0.5, 0.6) is 5.75 Å². The molecule has 1 atom stereocenters. The van der Waals surface area contributed by atoms with Crippen LogP contribution < -0.4 is 16.4 Å². The molecule has 31 heavy (non-hydrogen) atoms. The molecule has 1 unspecified atom stereocenters. The van der Waals surface area contributed by atoms with Crippen molar-refractivity contribution in [3.05, 3.63) is 54.4 Å². The van der Waals surface area contributed by atoms with Crippen LogP contribution in [0.25, 0.3) is 0 Å². The fraction of sp³-hybridized carbons (Fsp3) is 0.409. The molecule has 5 N–H and O–H groups in total. The van der Waals surface area contributed by atoms with Crippen molar-refractivity contribution in [2.24, 2.45) is 17.6 Å². The normalized spacial score (nSPS) is 18.6. The van der Waals surface area contributed by atoms with Gasteiger partial charge in [-0.25, -0.2) is 0 Å². The summed E-state index contributed by atoms with van der Waals surface area (Å²) in [5.74, 6) is 0.108. The van der Waals surface area contributed by atoms with Crippen molar-refractivity contribution in [2.75, 3.05) is 11.9 Å². The van der Waals surface area contributed by atoms with Crippen LogP contribution in [0.4, 0.5) is 5.69 Å². The molecule has 0 radical (unpaired) electrons. The lowest BCUT2D eigenvalue weighted by Crippen LogP contribution is -2.48. The van der Waals surface area contributed by atoms with Gasteiger partial charge in [-0.2, -0.15) is 0 Å². The second-order valence-electron chi connectivity index (χ2n) is 7.61. The van der Waals surface area contributed by atoms with Crippen LogP contribution in [0.3, 0.4) is 0 Å². The first kappa shape index (κ1) is 26.7. The molecule has 1 aromatic carbocycles. The number of aromatic hydroxyl groups is 1. The molecule has 2 aromatic rings. The molecule has 2 amide bonds. The summed E-state index contributed by atoms with van der Waals surface area (Å²) in [4.78, 5) is 29.7. The lowest BCUT2D eigenvalue weighted by Gasteiger charge is -2.28. The van der Waals surface area contributed by atoms with Gasteiger partial charge < -0.3 is 21.5 Å². The molecule has 1 fully saturated rings. The zero-order valence-corrected chi connectivity index (χ0v) is 18.8. The van der Waals surface area contributed by atoms with E-state index in [1.807, 2.05) is 6.07 Å². The Balaban J connectivity index is 0.00000240. The number of aromatic nitrogens is 1. The van der Waals surface area contributed by atoms with Crippen molar-refractivity contribution in [1.29, 1.82) is 0 Å². The number of pyridine rings is 1. The quantitative estimate of drug-likeness (QED) is 0.497. The van der Waals surface area contributed by atoms with Gasteiger partial charge in [0, 0.05) is 30.4 Å². The monoisotopic (exact) mass is 468 g/mol. The molecule has 170 valence electrons. The smallest absolute Gasteiger partial charge is 0.247 e. The van der Waals surface area contributed by atoms with E-state index in [9.17, 15) is 14.7 Å². The minimum absolute atomic E-state index is 0. The molecule has 1 saturated carbocycles. The number of hydrogen-bond donors (Lipinski definition) is 4. The third-order valence-electron chi connectivity index (χ3n) is 5.48. The number of rotatable bonds is 7. The topological polar surface area (TPSA) is 117 Å². The summed E-state index contributed by atoms with van der Waals surface area (Å²) >= 11 is 0. The summed E-state index contributed by atoms with van der Waals surface area (Å²) in [5.41, 5.74) is 7.12. The first-order chi connectivity index (χ1) is 14.0. The minimum Gasteiger partial charge on any atom is -0.508 e. The predicted molar refractivity (Wildman–Crippen MR) is 126 cm³/mol. The van der Waals surface area contributed by atoms with E-state index in [2.05, 4.69) is 15.6 Å². The molecule has 1 aromatic heterocycles. The van der Waals surface area contributed by atoms with Crippen LogP contribution >= 0.6 is 24.8 Å². The Morgan fingerprint density at radius 2 is 1.77 bits per heavy atom. The predicted octanol–water partition coefficient (Wildman–Crippen LogP) is 3.06. The molecule has 0 saturated heterocycles. The second kappa shape index (κ2) is 13.1. The maximum Gasteiger partial charge on any atom is 0.247 e. The molecular weight excluding hydrogens is 439 g/mol. The highest BCUT2D eigenvalue weighted by Crippen LogP contribution is 2.28. The standard InChI is InChI=1S/C22H28N4O3.2ClH/c23-14-15-4-6-17(7-5-15)21(28)26-20(13-16-2-1-3-19(27)12-16)22(29)25-18-8-10-24-11-9-18;;/h1-3,8-12,15,17,20,27H,4-7,13-14,23H2,(H,26,28)(H,24,25,29);2*1H. The van der Waals surface area contributed by atoms with E-state index in [1.54, 1.807) is 42.7 Å². The lowest BCUT2D eigenvalue weighted by molar-refractivity contribution is -0.130. The summed E-state index contributed by atoms with van der Waals surface area (Å²) in [6.07, 6.45) is 6.93. The van der Waals surface area contributed by atoms with Gasteiger partial charge in [-0.1, -0.05) is 12.1 Å². The molecule has 0 aliphatic heterocycles. The number of nitrogens with one attached hydrogen (secondary N) is 2. The van der Waals surface area contributed by atoms with Crippen molar-refractivity contribution < 1.29 is 14.7 Å². The van der Waals surface area contributed by atoms with Crippen molar-refractivity contribution in [3.8, 4) is 5.75 Å². The molecule has 1 aliphatic rings. The molecule has 7 nitrogen and oxygen atoms in total. The van der Waals surface area contributed by atoms with Crippen molar-refractivity contribution in [2.45, 2.75) is 38.1 Å². The van der Waals surface area contributed by atoms with Crippen molar-refractivity contribution >= 4 is 42.3 Å². The highest BCUT2D eigenvalue weighted by atomic mass is 35.5.